The maximum absolute atomic E-state index is 14.5. The number of carbonyl (C=O) groups excluding carboxylic acids is 3. The molecule has 0 heterocycles. The van der Waals surface area contributed by atoms with Gasteiger partial charge in [0.2, 0.25) is 0 Å². The lowest BCUT2D eigenvalue weighted by Crippen LogP contribution is -2.66. The van der Waals surface area contributed by atoms with E-state index < -0.39 is 11.3 Å². The molecule has 40 heavy (non-hydrogen) atoms. The molecular formula is C34H49NO5. The van der Waals surface area contributed by atoms with Crippen molar-refractivity contribution in [2.75, 3.05) is 0 Å². The number of nitrogens with zero attached hydrogens (tertiary/aromatic N) is 1. The number of ketones is 1. The van der Waals surface area contributed by atoms with E-state index in [2.05, 4.69) is 47.6 Å². The third-order valence-corrected chi connectivity index (χ3v) is 13.7. The van der Waals surface area contributed by atoms with Crippen LogP contribution in [-0.2, 0) is 19.1 Å². The van der Waals surface area contributed by atoms with Gasteiger partial charge < -0.3 is 4.74 Å². The molecule has 6 heteroatoms. The molecule has 5 rings (SSSR count). The molecule has 0 aliphatic heterocycles. The molecular weight excluding hydrogens is 502 g/mol. The summed E-state index contributed by atoms with van der Waals surface area (Å²) in [6.45, 7) is 17.3. The summed E-state index contributed by atoms with van der Waals surface area (Å²) in [6, 6.07) is 2.08. The molecule has 5 aliphatic rings. The van der Waals surface area contributed by atoms with Crippen molar-refractivity contribution < 1.29 is 24.3 Å². The van der Waals surface area contributed by atoms with Gasteiger partial charge in [-0.2, -0.15) is 0 Å². The van der Waals surface area contributed by atoms with E-state index in [-0.39, 0.29) is 62.7 Å². The van der Waals surface area contributed by atoms with Gasteiger partial charge in [-0.25, -0.2) is 0 Å². The zero-order chi connectivity index (χ0) is 29.7. The molecule has 0 aromatic rings. The number of allylic oxidation sites excluding steroid dienone is 2. The number of amides is 1. The Balaban J connectivity index is 1.56. The third-order valence-electron chi connectivity index (χ3n) is 13.7. The first-order chi connectivity index (χ1) is 18.4. The van der Waals surface area contributed by atoms with E-state index in [0.29, 0.717) is 17.9 Å². The fourth-order valence-corrected chi connectivity index (χ4v) is 11.1. The predicted octanol–water partition coefficient (Wildman–Crippen LogP) is 6.71. The highest BCUT2D eigenvalue weighted by molar-refractivity contribution is 5.95. The van der Waals surface area contributed by atoms with Gasteiger partial charge in [-0.05, 0) is 97.4 Å². The second-order valence-electron chi connectivity index (χ2n) is 16.0. The van der Waals surface area contributed by atoms with E-state index in [1.165, 1.54) is 12.5 Å². The van der Waals surface area contributed by atoms with Gasteiger partial charge >= 0.3 is 5.97 Å². The van der Waals surface area contributed by atoms with Crippen molar-refractivity contribution in [3.63, 3.8) is 0 Å². The Morgan fingerprint density at radius 1 is 1.00 bits per heavy atom. The summed E-state index contributed by atoms with van der Waals surface area (Å²) in [5.74, 6) is -0.146. The van der Waals surface area contributed by atoms with Gasteiger partial charge in [0.1, 0.15) is 6.10 Å². The van der Waals surface area contributed by atoms with Crippen LogP contribution in [-0.4, -0.2) is 34.0 Å². The summed E-state index contributed by atoms with van der Waals surface area (Å²) >= 11 is 0. The highest BCUT2D eigenvalue weighted by atomic mass is 16.5. The van der Waals surface area contributed by atoms with Crippen LogP contribution in [0.15, 0.2) is 11.6 Å². The van der Waals surface area contributed by atoms with Gasteiger partial charge in [0, 0.05) is 24.3 Å². The molecule has 1 N–H and O–H groups in total. The van der Waals surface area contributed by atoms with Crippen molar-refractivity contribution in [2.45, 2.75) is 119 Å². The first kappa shape index (κ1) is 29.4. The van der Waals surface area contributed by atoms with Gasteiger partial charge in [-0.1, -0.05) is 60.5 Å². The van der Waals surface area contributed by atoms with Crippen LogP contribution in [0.3, 0.4) is 0 Å². The summed E-state index contributed by atoms with van der Waals surface area (Å²) in [6.07, 6.45) is 15.1. The SMILES string of the molecule is C#CN(O)C(=O)[C@@]1(C)CC[C@]2(C)CC[C@]3(C)C(=CC(=O)[C@@H]4[C@@]5(C)CC[C@H](OC(C)=O)C(C)(C)C5CC[C@]43C)[C@@H]2C1. The van der Waals surface area contributed by atoms with Crippen molar-refractivity contribution in [3.8, 4) is 12.5 Å². The number of rotatable bonds is 2. The summed E-state index contributed by atoms with van der Waals surface area (Å²) in [5.41, 5.74) is -0.294. The molecule has 6 nitrogen and oxygen atoms in total. The molecule has 0 spiro atoms. The molecule has 4 saturated carbocycles. The molecule has 0 radical (unpaired) electrons. The molecule has 0 saturated heterocycles. The van der Waals surface area contributed by atoms with Crippen LogP contribution < -0.4 is 0 Å². The zero-order valence-corrected chi connectivity index (χ0v) is 25.9. The second kappa shape index (κ2) is 8.93. The molecule has 1 amide bonds. The molecule has 1 unspecified atom stereocenters. The minimum Gasteiger partial charge on any atom is -0.462 e. The number of hydrogen-bond acceptors (Lipinski definition) is 5. The fraction of sp³-hybridized carbons (Fsp3) is 0.794. The number of fused-ring (bicyclic) bond motifs is 7. The Labute approximate surface area is 240 Å². The Kier molecular flexibility index (Phi) is 6.56. The zero-order valence-electron chi connectivity index (χ0n) is 25.9. The van der Waals surface area contributed by atoms with Crippen LogP contribution in [0.5, 0.6) is 0 Å². The topological polar surface area (TPSA) is 83.9 Å². The average Bonchev–Trinajstić information content (AvgIpc) is 2.87. The Bertz CT molecular complexity index is 1210. The molecule has 0 bridgehead atoms. The highest BCUT2D eigenvalue weighted by Crippen LogP contribution is 2.75. The van der Waals surface area contributed by atoms with E-state index in [1.54, 1.807) is 0 Å². The summed E-state index contributed by atoms with van der Waals surface area (Å²) in [4.78, 5) is 39.6. The largest absolute Gasteiger partial charge is 0.462 e. The summed E-state index contributed by atoms with van der Waals surface area (Å²) in [5, 5.41) is 10.5. The molecule has 5 aliphatic carbocycles. The van der Waals surface area contributed by atoms with E-state index >= 15 is 0 Å². The van der Waals surface area contributed by atoms with Crippen LogP contribution in [0.4, 0.5) is 0 Å². The van der Waals surface area contributed by atoms with Crippen molar-refractivity contribution in [3.05, 3.63) is 11.6 Å². The van der Waals surface area contributed by atoms with Crippen LogP contribution in [0, 0.1) is 62.7 Å². The monoisotopic (exact) mass is 551 g/mol. The Morgan fingerprint density at radius 3 is 2.27 bits per heavy atom. The number of hydroxylamine groups is 2. The van der Waals surface area contributed by atoms with Crippen molar-refractivity contribution in [1.29, 1.82) is 0 Å². The molecule has 9 atom stereocenters. The van der Waals surface area contributed by atoms with E-state index in [0.717, 1.165) is 44.9 Å². The molecule has 220 valence electrons. The van der Waals surface area contributed by atoms with Gasteiger partial charge in [-0.3, -0.25) is 19.6 Å². The van der Waals surface area contributed by atoms with E-state index in [9.17, 15) is 19.6 Å². The number of esters is 1. The van der Waals surface area contributed by atoms with Gasteiger partial charge in [0.25, 0.3) is 5.91 Å². The Hall–Kier alpha value is -2.13. The van der Waals surface area contributed by atoms with Gasteiger partial charge in [-0.15, -0.1) is 5.06 Å². The lowest BCUT2D eigenvalue weighted by atomic mass is 9.33. The molecule has 4 fully saturated rings. The number of terminal acetylenes is 1. The third kappa shape index (κ3) is 3.75. The fourth-order valence-electron chi connectivity index (χ4n) is 11.1. The predicted molar refractivity (Wildman–Crippen MR) is 152 cm³/mol. The maximum atomic E-state index is 14.5. The van der Waals surface area contributed by atoms with Crippen molar-refractivity contribution in [1.82, 2.24) is 5.06 Å². The molecule has 0 aromatic heterocycles. The minimum absolute atomic E-state index is 0.0101. The smallest absolute Gasteiger partial charge is 0.302 e. The lowest BCUT2D eigenvalue weighted by molar-refractivity contribution is -0.210. The van der Waals surface area contributed by atoms with Crippen LogP contribution in [0.2, 0.25) is 0 Å². The number of carbonyl (C=O) groups is 3. The first-order valence-corrected chi connectivity index (χ1v) is 15.3. The summed E-state index contributed by atoms with van der Waals surface area (Å²) in [7, 11) is 0. The molecule has 0 aromatic carbocycles. The van der Waals surface area contributed by atoms with Gasteiger partial charge in [0.15, 0.2) is 5.78 Å². The average molecular weight is 552 g/mol. The quantitative estimate of drug-likeness (QED) is 0.136. The summed E-state index contributed by atoms with van der Waals surface area (Å²) < 4.78 is 5.83. The van der Waals surface area contributed by atoms with E-state index in [1.807, 2.05) is 13.0 Å². The van der Waals surface area contributed by atoms with Gasteiger partial charge in [0.05, 0.1) is 5.41 Å². The Morgan fingerprint density at radius 2 is 1.65 bits per heavy atom. The highest BCUT2D eigenvalue weighted by Gasteiger charge is 2.70. The van der Waals surface area contributed by atoms with Crippen LogP contribution in [0.1, 0.15) is 113 Å². The standard InChI is InChI=1S/C34H49NO5/c1-10-35(39)28(38)31(6)16-15-30(5)17-18-33(8)22(23(30)20-31)19-24(37)27-32(7)13-12-26(40-21(2)36)29(3,4)25(32)11-14-34(27,33)9/h1,19,23,25-27,39H,11-18,20H2,2-9H3/t23-,25?,26-,27+,30+,31-,32-,33+,34+/m0/s1. The first-order valence-electron chi connectivity index (χ1n) is 15.3. The number of hydrogen-bond donors (Lipinski definition) is 1. The minimum atomic E-state index is -0.770. The van der Waals surface area contributed by atoms with E-state index in [4.69, 9.17) is 11.2 Å². The second-order valence-corrected chi connectivity index (χ2v) is 16.0. The van der Waals surface area contributed by atoms with Crippen molar-refractivity contribution in [2.24, 2.45) is 50.2 Å². The lowest BCUT2D eigenvalue weighted by Gasteiger charge is -2.70. The van der Waals surface area contributed by atoms with Crippen LogP contribution >= 0.6 is 0 Å². The normalized spacial score (nSPS) is 47.3. The maximum Gasteiger partial charge on any atom is 0.302 e. The number of ether oxygens (including phenoxy) is 1. The van der Waals surface area contributed by atoms with Crippen LogP contribution in [0.25, 0.3) is 0 Å². The van der Waals surface area contributed by atoms with Crippen molar-refractivity contribution >= 4 is 17.7 Å².